The van der Waals surface area contributed by atoms with Crippen molar-refractivity contribution in [3.63, 3.8) is 0 Å². The van der Waals surface area contributed by atoms with Crippen molar-refractivity contribution in [1.29, 1.82) is 0 Å². The lowest BCUT2D eigenvalue weighted by Gasteiger charge is -2.11. The molecule has 18 heavy (non-hydrogen) atoms. The van der Waals surface area contributed by atoms with Crippen molar-refractivity contribution < 1.29 is 9.13 Å². The van der Waals surface area contributed by atoms with Gasteiger partial charge in [0.1, 0.15) is 18.2 Å². The summed E-state index contributed by atoms with van der Waals surface area (Å²) >= 11 is 0. The lowest BCUT2D eigenvalue weighted by molar-refractivity contribution is 0.371. The van der Waals surface area contributed by atoms with E-state index in [4.69, 9.17) is 11.2 Å². The number of para-hydroxylation sites is 1. The Morgan fingerprint density at radius 1 is 1.33 bits per heavy atom. The highest BCUT2D eigenvalue weighted by molar-refractivity contribution is 5.73. The molecule has 0 atom stereocenters. The minimum absolute atomic E-state index is 0.169. The Morgan fingerprint density at radius 3 is 2.94 bits per heavy atom. The van der Waals surface area contributed by atoms with Crippen LogP contribution >= 0.6 is 0 Å². The number of hydrogen-bond donors (Lipinski definition) is 0. The number of hydrogen-bond acceptors (Lipinski definition) is 1. The maximum atomic E-state index is 13.3. The van der Waals surface area contributed by atoms with Gasteiger partial charge in [-0.05, 0) is 30.2 Å². The molecular weight excluding hydrogens is 227 g/mol. The molecule has 1 nitrogen and oxygen atoms in total. The van der Waals surface area contributed by atoms with Gasteiger partial charge in [0.2, 0.25) is 0 Å². The third-order valence-electron chi connectivity index (χ3n) is 2.61. The highest BCUT2D eigenvalue weighted by atomic mass is 19.1. The van der Waals surface area contributed by atoms with E-state index >= 15 is 0 Å². The smallest absolute Gasteiger partial charge is 0.148 e. The molecule has 0 aliphatic heterocycles. The van der Waals surface area contributed by atoms with E-state index in [1.54, 1.807) is 12.1 Å². The lowest BCUT2D eigenvalue weighted by atomic mass is 9.99. The van der Waals surface area contributed by atoms with E-state index in [-0.39, 0.29) is 12.4 Å². The van der Waals surface area contributed by atoms with Gasteiger partial charge in [0.25, 0.3) is 0 Å². The lowest BCUT2D eigenvalue weighted by Crippen LogP contribution is -1.96. The maximum absolute atomic E-state index is 13.3. The van der Waals surface area contributed by atoms with E-state index in [2.05, 4.69) is 12.0 Å². The van der Waals surface area contributed by atoms with Gasteiger partial charge in [-0.25, -0.2) is 4.39 Å². The molecule has 0 aliphatic rings. The highest BCUT2D eigenvalue weighted by Crippen LogP contribution is 2.32. The molecule has 0 unspecified atom stereocenters. The number of terminal acetylenes is 1. The van der Waals surface area contributed by atoms with Gasteiger partial charge in [0.05, 0.1) is 0 Å². The number of aryl methyl sites for hydroxylation is 1. The summed E-state index contributed by atoms with van der Waals surface area (Å²) < 4.78 is 18.8. The Balaban J connectivity index is 2.50. The Kier molecular flexibility index (Phi) is 3.64. The maximum Gasteiger partial charge on any atom is 0.148 e. The minimum Gasteiger partial charge on any atom is -0.480 e. The van der Waals surface area contributed by atoms with Crippen LogP contribution in [0, 0.1) is 31.2 Å². The van der Waals surface area contributed by atoms with Crippen LogP contribution in [0.1, 0.15) is 5.56 Å². The molecule has 0 amide bonds. The summed E-state index contributed by atoms with van der Waals surface area (Å²) in [4.78, 5) is 0. The zero-order valence-corrected chi connectivity index (χ0v) is 10.0. The zero-order valence-electron chi connectivity index (χ0n) is 10.0. The number of halogens is 1. The van der Waals surface area contributed by atoms with Gasteiger partial charge in [-0.1, -0.05) is 30.2 Å². The number of ether oxygens (including phenoxy) is 1. The Morgan fingerprint density at radius 2 is 2.17 bits per heavy atom. The molecule has 2 rings (SSSR count). The van der Waals surface area contributed by atoms with Gasteiger partial charge in [-0.3, -0.25) is 0 Å². The van der Waals surface area contributed by atoms with Crippen molar-refractivity contribution in [2.45, 2.75) is 6.92 Å². The monoisotopic (exact) mass is 239 g/mol. The third-order valence-corrected chi connectivity index (χ3v) is 2.61. The predicted molar refractivity (Wildman–Crippen MR) is 69.7 cm³/mol. The van der Waals surface area contributed by atoms with Gasteiger partial charge in [-0.2, -0.15) is 0 Å². The van der Waals surface area contributed by atoms with E-state index in [1.165, 1.54) is 12.1 Å². The fourth-order valence-corrected chi connectivity index (χ4v) is 1.75. The van der Waals surface area contributed by atoms with Crippen LogP contribution in [-0.2, 0) is 0 Å². The fourth-order valence-electron chi connectivity index (χ4n) is 1.75. The van der Waals surface area contributed by atoms with Crippen molar-refractivity contribution in [2.24, 2.45) is 0 Å². The molecule has 2 aromatic carbocycles. The first kappa shape index (κ1) is 12.2. The SMILES string of the molecule is C#CCOc1[c]cccc1-c1cc(F)ccc1C. The van der Waals surface area contributed by atoms with E-state index in [0.717, 1.165) is 16.7 Å². The van der Waals surface area contributed by atoms with Crippen LogP contribution < -0.4 is 4.74 Å². The second-order valence-corrected chi connectivity index (χ2v) is 3.86. The highest BCUT2D eigenvalue weighted by Gasteiger charge is 2.09. The van der Waals surface area contributed by atoms with Crippen molar-refractivity contribution in [3.05, 3.63) is 53.8 Å². The van der Waals surface area contributed by atoms with Crippen LogP contribution in [0.2, 0.25) is 0 Å². The van der Waals surface area contributed by atoms with Gasteiger partial charge < -0.3 is 4.74 Å². The summed E-state index contributed by atoms with van der Waals surface area (Å²) in [7, 11) is 0. The Bertz CT molecular complexity index is 596. The van der Waals surface area contributed by atoms with Gasteiger partial charge >= 0.3 is 0 Å². The van der Waals surface area contributed by atoms with Gasteiger partial charge in [0, 0.05) is 11.6 Å². The molecule has 0 bridgehead atoms. The standard InChI is InChI=1S/C16H12FO/c1-3-10-18-16-7-5-4-6-14(16)15-11-13(17)9-8-12(15)2/h1,4-6,8-9,11H,10H2,2H3. The van der Waals surface area contributed by atoms with Crippen LogP contribution in [0.25, 0.3) is 11.1 Å². The average molecular weight is 239 g/mol. The molecular formula is C16H12FO. The molecule has 0 fully saturated rings. The minimum atomic E-state index is -0.276. The van der Waals surface area contributed by atoms with E-state index in [1.807, 2.05) is 19.1 Å². The first-order chi connectivity index (χ1) is 8.72. The molecule has 0 aliphatic carbocycles. The molecule has 0 saturated carbocycles. The summed E-state index contributed by atoms with van der Waals surface area (Å²) in [5, 5.41) is 0. The Labute approximate surface area is 106 Å². The topological polar surface area (TPSA) is 9.23 Å². The van der Waals surface area contributed by atoms with Gasteiger partial charge in [0.15, 0.2) is 0 Å². The second-order valence-electron chi connectivity index (χ2n) is 3.86. The predicted octanol–water partition coefficient (Wildman–Crippen LogP) is 3.61. The third kappa shape index (κ3) is 2.52. The quantitative estimate of drug-likeness (QED) is 0.743. The van der Waals surface area contributed by atoms with E-state index < -0.39 is 0 Å². The van der Waals surface area contributed by atoms with Crippen molar-refractivity contribution in [3.8, 4) is 29.2 Å². The molecule has 0 heterocycles. The van der Waals surface area contributed by atoms with E-state index in [0.29, 0.717) is 5.75 Å². The van der Waals surface area contributed by atoms with E-state index in [9.17, 15) is 4.39 Å². The molecule has 1 radical (unpaired) electrons. The first-order valence-corrected chi connectivity index (χ1v) is 5.56. The van der Waals surface area contributed by atoms with Crippen LogP contribution in [0.5, 0.6) is 5.75 Å². The van der Waals surface area contributed by atoms with Crippen molar-refractivity contribution in [1.82, 2.24) is 0 Å². The second kappa shape index (κ2) is 5.37. The normalized spacial score (nSPS) is 9.83. The van der Waals surface area contributed by atoms with Crippen LogP contribution in [-0.4, -0.2) is 6.61 Å². The summed E-state index contributed by atoms with van der Waals surface area (Å²) in [6.45, 7) is 2.09. The average Bonchev–Trinajstić information content (AvgIpc) is 2.39. The molecule has 0 aromatic heterocycles. The first-order valence-electron chi connectivity index (χ1n) is 5.56. The van der Waals surface area contributed by atoms with Crippen LogP contribution in [0.15, 0.2) is 36.4 Å². The largest absolute Gasteiger partial charge is 0.480 e. The molecule has 2 aromatic rings. The molecule has 2 heteroatoms. The number of rotatable bonds is 3. The zero-order chi connectivity index (χ0) is 13.0. The summed E-state index contributed by atoms with van der Waals surface area (Å²) in [6.07, 6.45) is 5.17. The molecule has 0 spiro atoms. The van der Waals surface area contributed by atoms with Crippen LogP contribution in [0.3, 0.4) is 0 Å². The summed E-state index contributed by atoms with van der Waals surface area (Å²) in [5.41, 5.74) is 2.56. The number of benzene rings is 2. The van der Waals surface area contributed by atoms with Crippen molar-refractivity contribution in [2.75, 3.05) is 6.61 Å². The van der Waals surface area contributed by atoms with Gasteiger partial charge in [-0.15, -0.1) is 6.42 Å². The van der Waals surface area contributed by atoms with Crippen LogP contribution in [0.4, 0.5) is 4.39 Å². The Hall–Kier alpha value is -2.27. The summed E-state index contributed by atoms with van der Waals surface area (Å²) in [6, 6.07) is 13.1. The molecule has 0 N–H and O–H groups in total. The fraction of sp³-hybridized carbons (Fsp3) is 0.125. The molecule has 0 saturated heterocycles. The van der Waals surface area contributed by atoms with Crippen molar-refractivity contribution >= 4 is 0 Å². The molecule has 89 valence electrons. The summed E-state index contributed by atoms with van der Waals surface area (Å²) in [5.74, 6) is 2.67.